The molecule has 32 heavy (non-hydrogen) atoms. The third-order valence-electron chi connectivity index (χ3n) is 6.67. The van der Waals surface area contributed by atoms with E-state index in [0.717, 1.165) is 58.6 Å². The SMILES string of the molecule is Cc1cccc(Nc2cc(N3CCC[C@H](C)C3)c3noc4c3c2C(=O)c2ccccc2-4)c1. The number of nitrogens with one attached hydrogen (secondary N) is 1. The molecule has 5 nitrogen and oxygen atoms in total. The number of anilines is 3. The van der Waals surface area contributed by atoms with Gasteiger partial charge in [-0.1, -0.05) is 48.5 Å². The van der Waals surface area contributed by atoms with Crippen LogP contribution in [0.3, 0.4) is 0 Å². The van der Waals surface area contributed by atoms with Gasteiger partial charge < -0.3 is 14.7 Å². The molecule has 1 N–H and O–H groups in total. The van der Waals surface area contributed by atoms with Crippen LogP contribution in [0.15, 0.2) is 59.1 Å². The van der Waals surface area contributed by atoms with Crippen LogP contribution >= 0.6 is 0 Å². The summed E-state index contributed by atoms with van der Waals surface area (Å²) in [6.45, 7) is 6.32. The molecule has 1 aliphatic carbocycles. The summed E-state index contributed by atoms with van der Waals surface area (Å²) >= 11 is 0. The second kappa shape index (κ2) is 7.23. The lowest BCUT2D eigenvalue weighted by molar-refractivity contribution is 0.104. The lowest BCUT2D eigenvalue weighted by atomic mass is 9.86. The highest BCUT2D eigenvalue weighted by atomic mass is 16.5. The maximum atomic E-state index is 13.7. The number of carbonyl (C=O) groups excluding carboxylic acids is 1. The maximum Gasteiger partial charge on any atom is 0.196 e. The van der Waals surface area contributed by atoms with E-state index in [1.54, 1.807) is 0 Å². The van der Waals surface area contributed by atoms with Crippen LogP contribution in [0.5, 0.6) is 0 Å². The quantitative estimate of drug-likeness (QED) is 0.368. The van der Waals surface area contributed by atoms with E-state index in [2.05, 4.69) is 47.4 Å². The van der Waals surface area contributed by atoms with Crippen molar-refractivity contribution in [2.24, 2.45) is 5.92 Å². The first-order chi connectivity index (χ1) is 15.6. The Kier molecular flexibility index (Phi) is 4.32. The van der Waals surface area contributed by atoms with E-state index >= 15 is 0 Å². The average Bonchev–Trinajstić information content (AvgIpc) is 3.23. The largest absolute Gasteiger partial charge is 0.369 e. The van der Waals surface area contributed by atoms with Gasteiger partial charge in [0.05, 0.1) is 22.3 Å². The van der Waals surface area contributed by atoms with E-state index in [9.17, 15) is 4.79 Å². The van der Waals surface area contributed by atoms with Crippen LogP contribution in [0.2, 0.25) is 0 Å². The molecular formula is C27H25N3O2. The number of nitrogens with zero attached hydrogens (tertiary/aromatic N) is 2. The molecule has 1 atom stereocenters. The summed E-state index contributed by atoms with van der Waals surface area (Å²) in [5.74, 6) is 1.31. The fourth-order valence-electron chi connectivity index (χ4n) is 5.17. The molecule has 2 heterocycles. The van der Waals surface area contributed by atoms with Gasteiger partial charge in [-0.25, -0.2) is 0 Å². The first-order valence-corrected chi connectivity index (χ1v) is 11.3. The normalized spacial score (nSPS) is 17.5. The average molecular weight is 424 g/mol. The smallest absolute Gasteiger partial charge is 0.196 e. The monoisotopic (exact) mass is 423 g/mol. The number of aryl methyl sites for hydroxylation is 1. The molecular weight excluding hydrogens is 398 g/mol. The molecule has 2 aliphatic rings. The predicted molar refractivity (Wildman–Crippen MR) is 128 cm³/mol. The predicted octanol–water partition coefficient (Wildman–Crippen LogP) is 6.33. The molecule has 1 fully saturated rings. The summed E-state index contributed by atoms with van der Waals surface area (Å²) in [6, 6.07) is 18.0. The third-order valence-corrected chi connectivity index (χ3v) is 6.67. The number of piperidine rings is 1. The van der Waals surface area contributed by atoms with E-state index in [1.807, 2.05) is 36.4 Å². The number of benzene rings is 3. The van der Waals surface area contributed by atoms with Crippen molar-refractivity contribution in [3.63, 3.8) is 0 Å². The van der Waals surface area contributed by atoms with Gasteiger partial charge in [-0.05, 0) is 49.4 Å². The topological polar surface area (TPSA) is 58.4 Å². The van der Waals surface area contributed by atoms with E-state index < -0.39 is 0 Å². The minimum absolute atomic E-state index is 0.00927. The Morgan fingerprint density at radius 3 is 2.75 bits per heavy atom. The molecule has 4 aromatic rings. The van der Waals surface area contributed by atoms with Crippen molar-refractivity contribution in [3.8, 4) is 11.3 Å². The van der Waals surface area contributed by atoms with Gasteiger partial charge in [0.15, 0.2) is 11.5 Å². The maximum absolute atomic E-state index is 13.7. The number of carbonyl (C=O) groups is 1. The second-order valence-corrected chi connectivity index (χ2v) is 9.12. The minimum Gasteiger partial charge on any atom is -0.369 e. The Morgan fingerprint density at radius 1 is 1.09 bits per heavy atom. The Hall–Kier alpha value is -3.60. The number of aromatic nitrogens is 1. The highest BCUT2D eigenvalue weighted by Crippen LogP contribution is 2.46. The Labute approximate surface area is 187 Å². The van der Waals surface area contributed by atoms with Crippen LogP contribution in [-0.2, 0) is 0 Å². The zero-order chi connectivity index (χ0) is 21.8. The molecule has 0 unspecified atom stereocenters. The third kappa shape index (κ3) is 2.92. The van der Waals surface area contributed by atoms with E-state index in [4.69, 9.17) is 4.52 Å². The first-order valence-electron chi connectivity index (χ1n) is 11.3. The molecule has 0 amide bonds. The number of hydrogen-bond acceptors (Lipinski definition) is 5. The lowest BCUT2D eigenvalue weighted by Gasteiger charge is -2.33. The molecule has 0 saturated carbocycles. The highest BCUT2D eigenvalue weighted by Gasteiger charge is 2.34. The molecule has 0 bridgehead atoms. The van der Waals surface area contributed by atoms with Gasteiger partial charge in [0.2, 0.25) is 0 Å². The summed E-state index contributed by atoms with van der Waals surface area (Å²) < 4.78 is 5.90. The van der Waals surface area contributed by atoms with Gasteiger partial charge in [-0.15, -0.1) is 0 Å². The summed E-state index contributed by atoms with van der Waals surface area (Å²) in [4.78, 5) is 16.1. The molecule has 0 spiro atoms. The number of rotatable bonds is 3. The number of hydrogen-bond donors (Lipinski definition) is 1. The van der Waals surface area contributed by atoms with E-state index in [0.29, 0.717) is 22.8 Å². The van der Waals surface area contributed by atoms with Gasteiger partial charge in [-0.3, -0.25) is 4.79 Å². The number of fused-ring (bicyclic) bond motifs is 2. The van der Waals surface area contributed by atoms with E-state index in [1.165, 1.54) is 6.42 Å². The Balaban J connectivity index is 1.61. The molecule has 1 aromatic heterocycles. The molecule has 1 aliphatic heterocycles. The standard InChI is InChI=1S/C27H25N3O2/c1-16-7-5-9-18(13-16)28-21-14-22(30-12-6-8-17(2)15-30)25-24-23(21)26(31)19-10-3-4-11-20(19)27(24)32-29-25/h3-5,7,9-11,13-14,17,28H,6,8,12,15H2,1-2H3/t17-/m0/s1. The van der Waals surface area contributed by atoms with Gasteiger partial charge >= 0.3 is 0 Å². The van der Waals surface area contributed by atoms with Gasteiger partial charge in [0.1, 0.15) is 5.52 Å². The second-order valence-electron chi connectivity index (χ2n) is 9.12. The van der Waals surface area contributed by atoms with Crippen molar-refractivity contribution in [1.29, 1.82) is 0 Å². The van der Waals surface area contributed by atoms with Gasteiger partial charge in [0.25, 0.3) is 0 Å². The van der Waals surface area contributed by atoms with Crippen molar-refractivity contribution >= 4 is 33.7 Å². The van der Waals surface area contributed by atoms with Crippen LogP contribution in [-0.4, -0.2) is 24.0 Å². The van der Waals surface area contributed by atoms with E-state index in [-0.39, 0.29) is 5.78 Å². The van der Waals surface area contributed by atoms with Crippen LogP contribution in [0.1, 0.15) is 41.3 Å². The summed E-state index contributed by atoms with van der Waals surface area (Å²) in [7, 11) is 0. The van der Waals surface area contributed by atoms with Crippen molar-refractivity contribution in [3.05, 3.63) is 71.3 Å². The highest BCUT2D eigenvalue weighted by molar-refractivity contribution is 6.28. The molecule has 1 saturated heterocycles. The zero-order valence-electron chi connectivity index (χ0n) is 18.3. The summed E-state index contributed by atoms with van der Waals surface area (Å²) in [6.07, 6.45) is 2.39. The first kappa shape index (κ1) is 19.1. The molecule has 0 radical (unpaired) electrons. The molecule has 160 valence electrons. The summed E-state index contributed by atoms with van der Waals surface area (Å²) in [5, 5.41) is 8.85. The van der Waals surface area contributed by atoms with Crippen molar-refractivity contribution < 1.29 is 9.32 Å². The van der Waals surface area contributed by atoms with Crippen LogP contribution in [0.25, 0.3) is 22.2 Å². The van der Waals surface area contributed by atoms with Crippen LogP contribution in [0.4, 0.5) is 17.1 Å². The fraction of sp³-hybridized carbons (Fsp3) is 0.259. The Morgan fingerprint density at radius 2 is 1.94 bits per heavy atom. The van der Waals surface area contributed by atoms with Crippen molar-refractivity contribution in [2.45, 2.75) is 26.7 Å². The van der Waals surface area contributed by atoms with Gasteiger partial charge in [0, 0.05) is 29.9 Å². The lowest BCUT2D eigenvalue weighted by Crippen LogP contribution is -2.34. The van der Waals surface area contributed by atoms with Crippen LogP contribution in [0, 0.1) is 12.8 Å². The van der Waals surface area contributed by atoms with Crippen molar-refractivity contribution in [1.82, 2.24) is 5.16 Å². The number of ketones is 1. The fourth-order valence-corrected chi connectivity index (χ4v) is 5.17. The summed E-state index contributed by atoms with van der Waals surface area (Å²) in [5.41, 5.74) is 6.86. The minimum atomic E-state index is 0.00927. The zero-order valence-corrected chi connectivity index (χ0v) is 18.3. The molecule has 3 aromatic carbocycles. The van der Waals surface area contributed by atoms with Crippen molar-refractivity contribution in [2.75, 3.05) is 23.3 Å². The van der Waals surface area contributed by atoms with Crippen LogP contribution < -0.4 is 10.2 Å². The molecule has 6 rings (SSSR count). The Bertz CT molecular complexity index is 1370. The molecule has 5 heteroatoms. The van der Waals surface area contributed by atoms with Gasteiger partial charge in [-0.2, -0.15) is 0 Å².